The van der Waals surface area contributed by atoms with Crippen LogP contribution in [0.4, 0.5) is 18.9 Å². The molecule has 1 amide bonds. The number of furan rings is 1. The predicted molar refractivity (Wildman–Crippen MR) is 119 cm³/mol. The summed E-state index contributed by atoms with van der Waals surface area (Å²) < 4.78 is 45.4. The number of nitrogens with zero attached hydrogens (tertiary/aromatic N) is 2. The summed E-state index contributed by atoms with van der Waals surface area (Å²) >= 11 is 0. The fourth-order valence-electron chi connectivity index (χ4n) is 5.82. The Kier molecular flexibility index (Phi) is 6.12. The first-order valence-electron chi connectivity index (χ1n) is 11.9. The van der Waals surface area contributed by atoms with Crippen LogP contribution in [-0.4, -0.2) is 42.5 Å². The first-order valence-corrected chi connectivity index (χ1v) is 11.9. The summed E-state index contributed by atoms with van der Waals surface area (Å²) in [5.74, 6) is 0.112. The summed E-state index contributed by atoms with van der Waals surface area (Å²) in [5, 5.41) is 2.96. The molecule has 2 atom stereocenters. The Morgan fingerprint density at radius 3 is 2.67 bits per heavy atom. The number of carbonyl (C=O) groups is 1. The van der Waals surface area contributed by atoms with Gasteiger partial charge in [0.25, 0.3) is 0 Å². The second-order valence-corrected chi connectivity index (χ2v) is 9.50. The van der Waals surface area contributed by atoms with E-state index in [1.54, 1.807) is 24.5 Å². The zero-order chi connectivity index (χ0) is 23.0. The van der Waals surface area contributed by atoms with Crippen molar-refractivity contribution in [1.29, 1.82) is 0 Å². The smallest absolute Gasteiger partial charge is 0.416 e. The first-order chi connectivity index (χ1) is 15.9. The van der Waals surface area contributed by atoms with Crippen LogP contribution >= 0.6 is 0 Å². The maximum absolute atomic E-state index is 13.4. The Balaban J connectivity index is 1.41. The van der Waals surface area contributed by atoms with Crippen LogP contribution < -0.4 is 10.2 Å². The topological polar surface area (TPSA) is 48.7 Å². The number of piperazine rings is 1. The minimum absolute atomic E-state index is 0.0542. The molecule has 1 aromatic carbocycles. The minimum Gasteiger partial charge on any atom is -0.467 e. The number of alkyl halides is 3. The van der Waals surface area contributed by atoms with Gasteiger partial charge in [0.1, 0.15) is 5.76 Å². The molecule has 0 spiro atoms. The Morgan fingerprint density at radius 2 is 1.94 bits per heavy atom. The molecule has 1 aliphatic carbocycles. The summed E-state index contributed by atoms with van der Waals surface area (Å²) in [7, 11) is 0. The van der Waals surface area contributed by atoms with Gasteiger partial charge in [0.05, 0.1) is 30.3 Å². The number of hydrogen-bond acceptors (Lipinski definition) is 4. The van der Waals surface area contributed by atoms with Gasteiger partial charge in [-0.1, -0.05) is 19.3 Å². The molecule has 0 radical (unpaired) electrons. The van der Waals surface area contributed by atoms with Crippen LogP contribution in [0.1, 0.15) is 49.0 Å². The number of anilines is 1. The third-order valence-corrected chi connectivity index (χ3v) is 7.52. The largest absolute Gasteiger partial charge is 0.467 e. The molecular formula is C25H30F3N3O2. The normalized spacial score (nSPS) is 24.3. The van der Waals surface area contributed by atoms with E-state index in [4.69, 9.17) is 4.42 Å². The fourth-order valence-corrected chi connectivity index (χ4v) is 5.82. The number of fused-ring (bicyclic) bond motifs is 3. The average molecular weight is 462 g/mol. The van der Waals surface area contributed by atoms with Crippen LogP contribution in [-0.2, 0) is 23.9 Å². The number of nitrogens with one attached hydrogen (secondary N) is 1. The van der Waals surface area contributed by atoms with Crippen molar-refractivity contribution in [3.8, 4) is 0 Å². The van der Waals surface area contributed by atoms with Gasteiger partial charge < -0.3 is 14.6 Å². The molecule has 178 valence electrons. The number of benzene rings is 1. The van der Waals surface area contributed by atoms with Crippen molar-refractivity contribution in [3.05, 3.63) is 53.5 Å². The Morgan fingerprint density at radius 1 is 1.12 bits per heavy atom. The molecule has 5 rings (SSSR count). The highest BCUT2D eigenvalue weighted by Crippen LogP contribution is 2.40. The third kappa shape index (κ3) is 4.63. The molecular weight excluding hydrogens is 431 g/mol. The van der Waals surface area contributed by atoms with Crippen LogP contribution in [0.3, 0.4) is 0 Å². The summed E-state index contributed by atoms with van der Waals surface area (Å²) in [5.41, 5.74) is 0.784. The van der Waals surface area contributed by atoms with Crippen molar-refractivity contribution in [2.24, 2.45) is 5.92 Å². The zero-order valence-electron chi connectivity index (χ0n) is 18.6. The number of halogens is 3. The highest BCUT2D eigenvalue weighted by molar-refractivity contribution is 5.82. The van der Waals surface area contributed by atoms with Crippen LogP contribution in [0.2, 0.25) is 0 Å². The molecule has 0 unspecified atom stereocenters. The zero-order valence-corrected chi connectivity index (χ0v) is 18.6. The summed E-state index contributed by atoms with van der Waals surface area (Å²) in [4.78, 5) is 18.0. The molecule has 2 fully saturated rings. The van der Waals surface area contributed by atoms with Crippen molar-refractivity contribution in [1.82, 2.24) is 10.2 Å². The lowest BCUT2D eigenvalue weighted by atomic mass is 9.82. The minimum atomic E-state index is -4.40. The van der Waals surface area contributed by atoms with Crippen LogP contribution in [0.5, 0.6) is 0 Å². The molecule has 2 aliphatic heterocycles. The van der Waals surface area contributed by atoms with E-state index in [9.17, 15) is 18.0 Å². The second kappa shape index (κ2) is 9.05. The Labute approximate surface area is 191 Å². The van der Waals surface area contributed by atoms with Crippen LogP contribution in [0, 0.1) is 5.92 Å². The molecule has 8 heteroatoms. The SMILES string of the molecule is O=C(NCc1ccco1)[C@@H]1Cc2cc(C(F)(F)F)ccc2N2CCN(C3CCCCC3)C[C@@H]12. The van der Waals surface area contributed by atoms with Gasteiger partial charge in [-0.3, -0.25) is 9.69 Å². The van der Waals surface area contributed by atoms with E-state index in [1.165, 1.54) is 44.2 Å². The Hall–Kier alpha value is -2.48. The Bertz CT molecular complexity index is 970. The predicted octanol–water partition coefficient (Wildman–Crippen LogP) is 4.61. The summed E-state index contributed by atoms with van der Waals surface area (Å²) in [6.45, 7) is 2.64. The summed E-state index contributed by atoms with van der Waals surface area (Å²) in [6, 6.07) is 8.04. The van der Waals surface area contributed by atoms with E-state index in [2.05, 4.69) is 15.1 Å². The second-order valence-electron chi connectivity index (χ2n) is 9.50. The van der Waals surface area contributed by atoms with E-state index in [1.807, 2.05) is 0 Å². The van der Waals surface area contributed by atoms with Crippen LogP contribution in [0.15, 0.2) is 41.0 Å². The van der Waals surface area contributed by atoms with Gasteiger partial charge >= 0.3 is 6.18 Å². The highest BCUT2D eigenvalue weighted by Gasteiger charge is 2.43. The van der Waals surface area contributed by atoms with Gasteiger partial charge in [0, 0.05) is 31.4 Å². The number of amides is 1. The lowest BCUT2D eigenvalue weighted by Crippen LogP contribution is -2.62. The van der Waals surface area contributed by atoms with Gasteiger partial charge in [-0.25, -0.2) is 0 Å². The maximum atomic E-state index is 13.4. The maximum Gasteiger partial charge on any atom is 0.416 e. The molecule has 33 heavy (non-hydrogen) atoms. The lowest BCUT2D eigenvalue weighted by Gasteiger charge is -2.51. The molecule has 1 aromatic heterocycles. The molecule has 1 saturated carbocycles. The third-order valence-electron chi connectivity index (χ3n) is 7.52. The number of carbonyl (C=O) groups excluding carboxylic acids is 1. The van der Waals surface area contributed by atoms with Gasteiger partial charge in [-0.05, 0) is 55.2 Å². The van der Waals surface area contributed by atoms with Crippen LogP contribution in [0.25, 0.3) is 0 Å². The highest BCUT2D eigenvalue weighted by atomic mass is 19.4. The molecule has 2 aromatic rings. The summed E-state index contributed by atoms with van der Waals surface area (Å²) in [6.07, 6.45) is 3.61. The molecule has 5 nitrogen and oxygen atoms in total. The average Bonchev–Trinajstić information content (AvgIpc) is 3.35. The van der Waals surface area contributed by atoms with Crippen molar-refractivity contribution in [2.45, 2.75) is 63.3 Å². The van der Waals surface area contributed by atoms with Crippen molar-refractivity contribution < 1.29 is 22.4 Å². The fraction of sp³-hybridized carbons (Fsp3) is 0.560. The van der Waals surface area contributed by atoms with Crippen molar-refractivity contribution >= 4 is 11.6 Å². The number of hydrogen-bond donors (Lipinski definition) is 1. The molecule has 3 heterocycles. The number of rotatable bonds is 4. The molecule has 0 bridgehead atoms. The van der Waals surface area contributed by atoms with Gasteiger partial charge in [-0.2, -0.15) is 13.2 Å². The van der Waals surface area contributed by atoms with Gasteiger partial charge in [0.2, 0.25) is 5.91 Å². The van der Waals surface area contributed by atoms with E-state index in [0.717, 1.165) is 25.3 Å². The lowest BCUT2D eigenvalue weighted by molar-refractivity contribution is -0.137. The van der Waals surface area contributed by atoms with Crippen molar-refractivity contribution in [3.63, 3.8) is 0 Å². The van der Waals surface area contributed by atoms with E-state index in [-0.39, 0.29) is 18.5 Å². The van der Waals surface area contributed by atoms with E-state index >= 15 is 0 Å². The van der Waals surface area contributed by atoms with E-state index < -0.39 is 17.7 Å². The van der Waals surface area contributed by atoms with E-state index in [0.29, 0.717) is 23.8 Å². The first kappa shape index (κ1) is 22.3. The standard InChI is InChI=1S/C25H30F3N3O2/c26-25(27,28)18-8-9-22-17(13-18)14-21(24(32)29-15-20-7-4-12-33-20)23-16-30(10-11-31(22)23)19-5-2-1-3-6-19/h4,7-9,12-13,19,21,23H,1-3,5-6,10-11,14-16H2,(H,29,32)/t21-,23+/m1/s1. The molecule has 3 aliphatic rings. The van der Waals surface area contributed by atoms with Crippen molar-refractivity contribution in [2.75, 3.05) is 24.5 Å². The molecule has 1 N–H and O–H groups in total. The quantitative estimate of drug-likeness (QED) is 0.723. The van der Waals surface area contributed by atoms with Gasteiger partial charge in [-0.15, -0.1) is 0 Å². The monoisotopic (exact) mass is 461 g/mol. The van der Waals surface area contributed by atoms with Gasteiger partial charge in [0.15, 0.2) is 0 Å². The molecule has 1 saturated heterocycles.